The predicted octanol–water partition coefficient (Wildman–Crippen LogP) is -0.747. The first-order valence-corrected chi connectivity index (χ1v) is 6.42. The van der Waals surface area contributed by atoms with Crippen molar-refractivity contribution in [2.75, 3.05) is 33.4 Å². The Morgan fingerprint density at radius 2 is 2.17 bits per heavy atom. The molecular weight excluding hydrogens is 234 g/mol. The minimum Gasteiger partial charge on any atom is -0.383 e. The van der Waals surface area contributed by atoms with Crippen LogP contribution in [0.4, 0.5) is 0 Å². The van der Waals surface area contributed by atoms with Gasteiger partial charge in [-0.1, -0.05) is 6.92 Å². The van der Waals surface area contributed by atoms with Crippen LogP contribution in [-0.2, 0) is 14.3 Å². The van der Waals surface area contributed by atoms with Gasteiger partial charge >= 0.3 is 0 Å². The molecule has 104 valence electrons. The number of nitrogens with one attached hydrogen (secondary N) is 3. The number of piperidine rings is 1. The molecule has 6 nitrogen and oxygen atoms in total. The molecule has 0 bridgehead atoms. The van der Waals surface area contributed by atoms with Crippen LogP contribution < -0.4 is 16.0 Å². The van der Waals surface area contributed by atoms with Crippen LogP contribution in [0.1, 0.15) is 19.8 Å². The van der Waals surface area contributed by atoms with Crippen LogP contribution in [0.25, 0.3) is 0 Å². The normalized spacial score (nSPS) is 23.4. The molecule has 0 aromatic carbocycles. The number of carbonyl (C=O) groups excluding carboxylic acids is 2. The topological polar surface area (TPSA) is 79.5 Å². The molecule has 0 saturated carbocycles. The second-order valence-electron chi connectivity index (χ2n) is 4.61. The number of hydrogen-bond acceptors (Lipinski definition) is 4. The summed E-state index contributed by atoms with van der Waals surface area (Å²) in [5.74, 6) is 0.0308. The second kappa shape index (κ2) is 8.05. The molecule has 6 heteroatoms. The van der Waals surface area contributed by atoms with Crippen molar-refractivity contribution in [1.82, 2.24) is 16.0 Å². The zero-order chi connectivity index (χ0) is 13.4. The van der Waals surface area contributed by atoms with Crippen LogP contribution >= 0.6 is 0 Å². The summed E-state index contributed by atoms with van der Waals surface area (Å²) in [5.41, 5.74) is 0. The SMILES string of the molecule is COCCNC(=O)CNC(=O)C1NCCCC1C. The molecule has 2 atom stereocenters. The number of carbonyl (C=O) groups is 2. The fourth-order valence-corrected chi connectivity index (χ4v) is 2.03. The van der Waals surface area contributed by atoms with E-state index < -0.39 is 0 Å². The van der Waals surface area contributed by atoms with Gasteiger partial charge in [-0.15, -0.1) is 0 Å². The minimum atomic E-state index is -0.191. The standard InChI is InChI=1S/C12H23N3O3/c1-9-4-3-5-14-11(9)12(17)15-8-10(16)13-6-7-18-2/h9,11,14H,3-8H2,1-2H3,(H,13,16)(H,15,17). The van der Waals surface area contributed by atoms with Gasteiger partial charge in [0.15, 0.2) is 0 Å². The van der Waals surface area contributed by atoms with Crippen molar-refractivity contribution in [3.63, 3.8) is 0 Å². The molecule has 18 heavy (non-hydrogen) atoms. The van der Waals surface area contributed by atoms with Crippen LogP contribution in [0.5, 0.6) is 0 Å². The fraction of sp³-hybridized carbons (Fsp3) is 0.833. The van der Waals surface area contributed by atoms with Crippen LogP contribution in [0.15, 0.2) is 0 Å². The van der Waals surface area contributed by atoms with Crippen molar-refractivity contribution < 1.29 is 14.3 Å². The molecule has 1 fully saturated rings. The van der Waals surface area contributed by atoms with Crippen LogP contribution in [0.3, 0.4) is 0 Å². The molecule has 1 aliphatic rings. The van der Waals surface area contributed by atoms with Crippen molar-refractivity contribution in [3.05, 3.63) is 0 Å². The monoisotopic (exact) mass is 257 g/mol. The van der Waals surface area contributed by atoms with E-state index in [4.69, 9.17) is 4.74 Å². The summed E-state index contributed by atoms with van der Waals surface area (Å²) >= 11 is 0. The summed E-state index contributed by atoms with van der Waals surface area (Å²) < 4.78 is 4.81. The lowest BCUT2D eigenvalue weighted by Gasteiger charge is -2.28. The smallest absolute Gasteiger partial charge is 0.239 e. The van der Waals surface area contributed by atoms with E-state index in [2.05, 4.69) is 22.9 Å². The number of hydrogen-bond donors (Lipinski definition) is 3. The predicted molar refractivity (Wildman–Crippen MR) is 68.1 cm³/mol. The van der Waals surface area contributed by atoms with Crippen molar-refractivity contribution in [3.8, 4) is 0 Å². The molecule has 0 aromatic heterocycles. The van der Waals surface area contributed by atoms with E-state index in [0.29, 0.717) is 19.1 Å². The third kappa shape index (κ3) is 5.01. The van der Waals surface area contributed by atoms with Crippen LogP contribution in [-0.4, -0.2) is 51.2 Å². The average Bonchev–Trinajstić information content (AvgIpc) is 2.37. The van der Waals surface area contributed by atoms with Gasteiger partial charge in [0.25, 0.3) is 0 Å². The summed E-state index contributed by atoms with van der Waals surface area (Å²) in [7, 11) is 1.57. The Morgan fingerprint density at radius 1 is 1.39 bits per heavy atom. The highest BCUT2D eigenvalue weighted by Gasteiger charge is 2.27. The lowest BCUT2D eigenvalue weighted by molar-refractivity contribution is -0.128. The first-order valence-electron chi connectivity index (χ1n) is 6.42. The Bertz CT molecular complexity index is 284. The molecule has 0 spiro atoms. The zero-order valence-corrected chi connectivity index (χ0v) is 11.1. The lowest BCUT2D eigenvalue weighted by Crippen LogP contribution is -2.52. The summed E-state index contributed by atoms with van der Waals surface area (Å²) in [4.78, 5) is 23.2. The van der Waals surface area contributed by atoms with E-state index in [1.54, 1.807) is 7.11 Å². The fourth-order valence-electron chi connectivity index (χ4n) is 2.03. The van der Waals surface area contributed by atoms with Gasteiger partial charge < -0.3 is 20.7 Å². The van der Waals surface area contributed by atoms with Crippen molar-refractivity contribution in [1.29, 1.82) is 0 Å². The summed E-state index contributed by atoms with van der Waals surface area (Å²) in [6.07, 6.45) is 2.15. The van der Waals surface area contributed by atoms with Crippen molar-refractivity contribution in [2.45, 2.75) is 25.8 Å². The Hall–Kier alpha value is -1.14. The van der Waals surface area contributed by atoms with Gasteiger partial charge in [-0.2, -0.15) is 0 Å². The maximum atomic E-state index is 11.9. The Kier molecular flexibility index (Phi) is 6.67. The van der Waals surface area contributed by atoms with E-state index in [1.807, 2.05) is 0 Å². The van der Waals surface area contributed by atoms with Crippen molar-refractivity contribution in [2.24, 2.45) is 5.92 Å². The lowest BCUT2D eigenvalue weighted by atomic mass is 9.92. The Balaban J connectivity index is 2.21. The number of amides is 2. The average molecular weight is 257 g/mol. The van der Waals surface area contributed by atoms with Crippen LogP contribution in [0, 0.1) is 5.92 Å². The van der Waals surface area contributed by atoms with Gasteiger partial charge in [0.2, 0.25) is 11.8 Å². The van der Waals surface area contributed by atoms with Crippen molar-refractivity contribution >= 4 is 11.8 Å². The molecule has 2 unspecified atom stereocenters. The van der Waals surface area contributed by atoms with E-state index >= 15 is 0 Å². The van der Waals surface area contributed by atoms with E-state index in [9.17, 15) is 9.59 Å². The number of methoxy groups -OCH3 is 1. The summed E-state index contributed by atoms with van der Waals surface area (Å²) in [6, 6.07) is -0.175. The summed E-state index contributed by atoms with van der Waals surface area (Å²) in [5, 5.41) is 8.49. The Labute approximate surface area is 108 Å². The van der Waals surface area contributed by atoms with Gasteiger partial charge in [-0.05, 0) is 25.3 Å². The Morgan fingerprint density at radius 3 is 2.83 bits per heavy atom. The van der Waals surface area contributed by atoms with Gasteiger partial charge in [-0.25, -0.2) is 0 Å². The molecule has 1 heterocycles. The first kappa shape index (κ1) is 14.9. The molecule has 3 N–H and O–H groups in total. The first-order chi connectivity index (χ1) is 8.65. The van der Waals surface area contributed by atoms with Crippen LogP contribution in [0.2, 0.25) is 0 Å². The maximum absolute atomic E-state index is 11.9. The second-order valence-corrected chi connectivity index (χ2v) is 4.61. The van der Waals surface area contributed by atoms with Gasteiger partial charge in [0.05, 0.1) is 19.2 Å². The quantitative estimate of drug-likeness (QED) is 0.547. The van der Waals surface area contributed by atoms with Gasteiger partial charge in [0, 0.05) is 13.7 Å². The summed E-state index contributed by atoms with van der Waals surface area (Å²) in [6.45, 7) is 3.87. The van der Waals surface area contributed by atoms with E-state index in [-0.39, 0.29) is 24.4 Å². The number of ether oxygens (including phenoxy) is 1. The molecular formula is C12H23N3O3. The maximum Gasteiger partial charge on any atom is 0.239 e. The van der Waals surface area contributed by atoms with Gasteiger partial charge in [-0.3, -0.25) is 9.59 Å². The van der Waals surface area contributed by atoms with E-state index in [1.165, 1.54) is 0 Å². The number of rotatable bonds is 6. The largest absolute Gasteiger partial charge is 0.383 e. The molecule has 0 aliphatic carbocycles. The highest BCUT2D eigenvalue weighted by Crippen LogP contribution is 2.15. The molecule has 1 rings (SSSR count). The van der Waals surface area contributed by atoms with E-state index in [0.717, 1.165) is 19.4 Å². The zero-order valence-electron chi connectivity index (χ0n) is 11.1. The molecule has 0 radical (unpaired) electrons. The minimum absolute atomic E-state index is 0.0213. The molecule has 1 aliphatic heterocycles. The third-order valence-corrected chi connectivity index (χ3v) is 3.10. The third-order valence-electron chi connectivity index (χ3n) is 3.10. The van der Waals surface area contributed by atoms with Gasteiger partial charge in [0.1, 0.15) is 0 Å². The highest BCUT2D eigenvalue weighted by atomic mass is 16.5. The highest BCUT2D eigenvalue weighted by molar-refractivity contribution is 5.87. The molecule has 1 saturated heterocycles. The molecule has 2 amide bonds. The molecule has 0 aromatic rings.